The highest BCUT2D eigenvalue weighted by atomic mass is 32.2. The predicted octanol–water partition coefficient (Wildman–Crippen LogP) is 0.222. The fraction of sp³-hybridized carbons (Fsp3) is 0.727. The molecule has 6 nitrogen and oxygen atoms in total. The lowest BCUT2D eigenvalue weighted by atomic mass is 9.99. The summed E-state index contributed by atoms with van der Waals surface area (Å²) < 4.78 is 0. The van der Waals surface area contributed by atoms with Crippen LogP contribution in [0.5, 0.6) is 0 Å². The Labute approximate surface area is 109 Å². The zero-order valence-electron chi connectivity index (χ0n) is 9.80. The van der Waals surface area contributed by atoms with Crippen molar-refractivity contribution in [3.05, 3.63) is 0 Å². The summed E-state index contributed by atoms with van der Waals surface area (Å²) in [5.41, 5.74) is 0. The van der Waals surface area contributed by atoms with E-state index in [9.17, 15) is 14.4 Å². The first-order valence-electron chi connectivity index (χ1n) is 5.98. The van der Waals surface area contributed by atoms with E-state index < -0.39 is 11.9 Å². The van der Waals surface area contributed by atoms with Crippen LogP contribution in [-0.2, 0) is 9.59 Å². The van der Waals surface area contributed by atoms with Gasteiger partial charge in [-0.3, -0.25) is 4.79 Å². The highest BCUT2D eigenvalue weighted by Crippen LogP contribution is 2.33. The number of carbonyl (C=O) groups is 3. The van der Waals surface area contributed by atoms with Crippen molar-refractivity contribution in [2.45, 2.75) is 36.6 Å². The zero-order chi connectivity index (χ0) is 13.1. The van der Waals surface area contributed by atoms with E-state index in [2.05, 4.69) is 10.6 Å². The minimum atomic E-state index is -1.06. The molecule has 0 spiro atoms. The molecule has 3 N–H and O–H groups in total. The average Bonchev–Trinajstić information content (AvgIpc) is 2.84. The first kappa shape index (κ1) is 13.2. The lowest BCUT2D eigenvalue weighted by molar-refractivity contribution is -0.143. The maximum Gasteiger partial charge on any atom is 0.315 e. The van der Waals surface area contributed by atoms with Crippen LogP contribution in [0.15, 0.2) is 0 Å². The monoisotopic (exact) mass is 272 g/mol. The molecule has 2 fully saturated rings. The number of aliphatic carboxylic acids is 1. The molecule has 0 saturated carbocycles. The molecule has 0 bridgehead atoms. The van der Waals surface area contributed by atoms with Gasteiger partial charge in [0.2, 0.25) is 0 Å². The van der Waals surface area contributed by atoms with Crippen LogP contribution in [0.25, 0.3) is 0 Å². The number of carboxylic acid groups (broad SMARTS) is 1. The summed E-state index contributed by atoms with van der Waals surface area (Å²) in [6.07, 6.45) is 2.37. The molecular weight excluding hydrogens is 256 g/mol. The number of nitrogens with one attached hydrogen (secondary N) is 2. The van der Waals surface area contributed by atoms with E-state index in [1.54, 1.807) is 11.8 Å². The summed E-state index contributed by atoms with van der Waals surface area (Å²) in [7, 11) is 0. The van der Waals surface area contributed by atoms with Crippen LogP contribution in [0.4, 0.5) is 4.79 Å². The Hall–Kier alpha value is -1.24. The topological polar surface area (TPSA) is 95.5 Å². The summed E-state index contributed by atoms with van der Waals surface area (Å²) >= 11 is 1.79. The number of aldehydes is 1. The Morgan fingerprint density at radius 1 is 1.56 bits per heavy atom. The third kappa shape index (κ3) is 2.77. The number of urea groups is 1. The van der Waals surface area contributed by atoms with E-state index in [1.807, 2.05) is 0 Å². The maximum absolute atomic E-state index is 11.2. The van der Waals surface area contributed by atoms with Crippen molar-refractivity contribution < 1.29 is 19.5 Å². The summed E-state index contributed by atoms with van der Waals surface area (Å²) in [5.74, 6) is -1.06. The molecule has 2 heterocycles. The van der Waals surface area contributed by atoms with Crippen LogP contribution in [0.1, 0.15) is 19.3 Å². The molecule has 18 heavy (non-hydrogen) atoms. The van der Waals surface area contributed by atoms with Gasteiger partial charge in [-0.15, -0.1) is 0 Å². The van der Waals surface area contributed by atoms with Crippen molar-refractivity contribution in [1.82, 2.24) is 10.6 Å². The van der Waals surface area contributed by atoms with Gasteiger partial charge in [-0.1, -0.05) is 6.42 Å². The molecule has 2 rings (SSSR count). The summed E-state index contributed by atoms with van der Waals surface area (Å²) in [6.45, 7) is 0. The molecule has 0 aliphatic carbocycles. The minimum absolute atomic E-state index is 0.119. The van der Waals surface area contributed by atoms with Crippen LogP contribution < -0.4 is 10.6 Å². The van der Waals surface area contributed by atoms with Crippen LogP contribution in [0.2, 0.25) is 0 Å². The van der Waals surface area contributed by atoms with Gasteiger partial charge in [-0.25, -0.2) is 4.79 Å². The average molecular weight is 272 g/mol. The van der Waals surface area contributed by atoms with Crippen LogP contribution in [0.3, 0.4) is 0 Å². The van der Waals surface area contributed by atoms with Crippen molar-refractivity contribution in [2.24, 2.45) is 5.92 Å². The normalized spacial score (nSPS) is 31.3. The van der Waals surface area contributed by atoms with E-state index in [1.165, 1.54) is 0 Å². The molecule has 2 aliphatic heterocycles. The van der Waals surface area contributed by atoms with Crippen molar-refractivity contribution in [2.75, 3.05) is 5.75 Å². The molecule has 2 amide bonds. The molecule has 0 aromatic carbocycles. The Morgan fingerprint density at radius 2 is 2.33 bits per heavy atom. The summed E-state index contributed by atoms with van der Waals surface area (Å²) in [6, 6.07) is 0.211. The van der Waals surface area contributed by atoms with E-state index in [0.717, 1.165) is 12.2 Å². The van der Waals surface area contributed by atoms with E-state index >= 15 is 0 Å². The Bertz CT molecular complexity index is 363. The first-order chi connectivity index (χ1) is 8.61. The van der Waals surface area contributed by atoms with Gasteiger partial charge in [0, 0.05) is 11.0 Å². The van der Waals surface area contributed by atoms with Crippen molar-refractivity contribution >= 4 is 30.0 Å². The Kier molecular flexibility index (Phi) is 4.11. The Balaban J connectivity index is 1.76. The number of amides is 2. The fourth-order valence-corrected chi connectivity index (χ4v) is 3.98. The largest absolute Gasteiger partial charge is 0.481 e. The third-order valence-corrected chi connectivity index (χ3v) is 4.93. The predicted molar refractivity (Wildman–Crippen MR) is 66.5 cm³/mol. The molecule has 0 aromatic rings. The number of carbonyl (C=O) groups excluding carboxylic acids is 2. The maximum atomic E-state index is 11.2. The number of fused-ring (bicyclic) bond motifs is 1. The third-order valence-electron chi connectivity index (χ3n) is 3.42. The summed E-state index contributed by atoms with van der Waals surface area (Å²) in [4.78, 5) is 32.4. The molecular formula is C11H16N2O4S. The molecule has 2 saturated heterocycles. The fourth-order valence-electron chi connectivity index (χ4n) is 2.43. The van der Waals surface area contributed by atoms with Crippen molar-refractivity contribution in [3.63, 3.8) is 0 Å². The van der Waals surface area contributed by atoms with Gasteiger partial charge in [0.1, 0.15) is 12.2 Å². The van der Waals surface area contributed by atoms with Gasteiger partial charge in [0.15, 0.2) is 0 Å². The number of hydrogen-bond acceptors (Lipinski definition) is 4. The van der Waals surface area contributed by atoms with Gasteiger partial charge >= 0.3 is 12.0 Å². The quantitative estimate of drug-likeness (QED) is 0.365. The Morgan fingerprint density at radius 3 is 3.00 bits per heavy atom. The molecule has 4 atom stereocenters. The van der Waals surface area contributed by atoms with Crippen molar-refractivity contribution in [3.8, 4) is 0 Å². The SMILES string of the molecule is O=CC(CCC[C@@H]1SC[C@@H]2NC(=O)N[C@@H]21)C(=O)O. The molecule has 100 valence electrons. The van der Waals surface area contributed by atoms with Crippen molar-refractivity contribution in [1.29, 1.82) is 0 Å². The number of thioether (sulfide) groups is 1. The second-order valence-corrected chi connectivity index (χ2v) is 5.91. The van der Waals surface area contributed by atoms with Gasteiger partial charge < -0.3 is 20.5 Å². The minimum Gasteiger partial charge on any atom is -0.481 e. The lowest BCUT2D eigenvalue weighted by Gasteiger charge is -2.16. The van der Waals surface area contributed by atoms with Gasteiger partial charge in [-0.05, 0) is 12.8 Å². The molecule has 1 unspecified atom stereocenters. The van der Waals surface area contributed by atoms with E-state index in [4.69, 9.17) is 5.11 Å². The standard InChI is InChI=1S/C11H16N2O4S/c14-4-6(10(15)16)2-1-3-8-9-7(5-18-8)12-11(17)13-9/h4,6-9H,1-3,5H2,(H,15,16)(H2,12,13,17)/t6?,7-,8-,9-/m0/s1. The van der Waals surface area contributed by atoms with Crippen LogP contribution >= 0.6 is 11.8 Å². The molecule has 2 aliphatic rings. The van der Waals surface area contributed by atoms with Crippen LogP contribution in [0, 0.1) is 5.92 Å². The summed E-state index contributed by atoms with van der Waals surface area (Å²) in [5, 5.41) is 14.8. The number of hydrogen-bond donors (Lipinski definition) is 3. The number of rotatable bonds is 6. The van der Waals surface area contributed by atoms with Gasteiger partial charge in [0.05, 0.1) is 12.1 Å². The second kappa shape index (κ2) is 5.60. The first-order valence-corrected chi connectivity index (χ1v) is 7.03. The highest BCUT2D eigenvalue weighted by Gasteiger charge is 2.42. The van der Waals surface area contributed by atoms with Gasteiger partial charge in [-0.2, -0.15) is 11.8 Å². The van der Waals surface area contributed by atoms with Crippen LogP contribution in [-0.4, -0.2) is 46.5 Å². The molecule has 0 radical (unpaired) electrons. The zero-order valence-corrected chi connectivity index (χ0v) is 10.6. The van der Waals surface area contributed by atoms with Gasteiger partial charge in [0.25, 0.3) is 0 Å². The smallest absolute Gasteiger partial charge is 0.315 e. The second-order valence-electron chi connectivity index (χ2n) is 4.63. The molecule has 7 heteroatoms. The number of carboxylic acids is 1. The van der Waals surface area contributed by atoms with E-state index in [-0.39, 0.29) is 18.1 Å². The van der Waals surface area contributed by atoms with E-state index in [0.29, 0.717) is 24.4 Å². The lowest BCUT2D eigenvalue weighted by Crippen LogP contribution is -2.36. The molecule has 0 aromatic heterocycles. The highest BCUT2D eigenvalue weighted by molar-refractivity contribution is 8.00.